The minimum Gasteiger partial charge on any atom is -0.300 e. The Morgan fingerprint density at radius 2 is 0.864 bits per heavy atom. The van der Waals surface area contributed by atoms with Gasteiger partial charge in [0.1, 0.15) is 17.3 Å². The average molecular weight is 599 g/mol. The zero-order valence-electron chi connectivity index (χ0n) is 27.8. The largest absolute Gasteiger partial charge is 0.300 e. The third kappa shape index (κ3) is 10.8. The lowest BCUT2D eigenvalue weighted by molar-refractivity contribution is -0.124. The van der Waals surface area contributed by atoms with E-state index in [0.717, 1.165) is 89.9 Å². The van der Waals surface area contributed by atoms with Crippen LogP contribution < -0.4 is 0 Å². The van der Waals surface area contributed by atoms with Gasteiger partial charge in [-0.1, -0.05) is 88.1 Å². The number of hydrogen-bond donors (Lipinski definition) is 0. The maximum absolute atomic E-state index is 12.7. The van der Waals surface area contributed by atoms with Gasteiger partial charge in [-0.05, 0) is 111 Å². The molecule has 0 spiro atoms. The standard InChI is InChI=1S/C41H58O3/c1-3-5-7-9-40(43)37-25-21-35(22-26-37)33-17-11-31(12-18-33)15-29-39(42)30-16-32-13-19-34(20-14-32)36-23-27-38(28-24-36)41(44)10-8-6-4-2/h11-14,17-20,35-38H,3-10,15-16,21-30H2,1-2H3/t35-,36?,37-,38?. The molecule has 2 aromatic rings. The fourth-order valence-corrected chi connectivity index (χ4v) is 7.61. The normalized spacial score (nSPS) is 22.0. The predicted octanol–water partition coefficient (Wildman–Crippen LogP) is 10.7. The molecular weight excluding hydrogens is 540 g/mol. The van der Waals surface area contributed by atoms with Gasteiger partial charge in [0.2, 0.25) is 0 Å². The summed E-state index contributed by atoms with van der Waals surface area (Å²) in [6.45, 7) is 4.38. The van der Waals surface area contributed by atoms with Crippen LogP contribution in [0.2, 0.25) is 0 Å². The SMILES string of the molecule is CCCCCC(=O)C1CCC(c2ccc(CCC(=O)CCc3ccc([C@H]4CC[C@H](C(=O)CCCCC)CC4)cc3)cc2)CC1. The van der Waals surface area contributed by atoms with Crippen molar-refractivity contribution in [3.05, 3.63) is 70.8 Å². The number of carbonyl (C=O) groups is 3. The quantitative estimate of drug-likeness (QED) is 0.160. The summed E-state index contributed by atoms with van der Waals surface area (Å²) in [7, 11) is 0. The second-order valence-corrected chi connectivity index (χ2v) is 14.0. The topological polar surface area (TPSA) is 51.2 Å². The molecule has 0 amide bonds. The van der Waals surface area contributed by atoms with Crippen molar-refractivity contribution in [2.75, 3.05) is 0 Å². The van der Waals surface area contributed by atoms with Crippen LogP contribution in [0.15, 0.2) is 48.5 Å². The van der Waals surface area contributed by atoms with E-state index in [2.05, 4.69) is 62.4 Å². The van der Waals surface area contributed by atoms with E-state index < -0.39 is 0 Å². The molecule has 0 aromatic heterocycles. The van der Waals surface area contributed by atoms with Crippen LogP contribution in [0.3, 0.4) is 0 Å². The first-order valence-electron chi connectivity index (χ1n) is 18.2. The Bertz CT molecular complexity index is 1050. The molecule has 3 heteroatoms. The molecule has 0 atom stereocenters. The summed E-state index contributed by atoms with van der Waals surface area (Å²) < 4.78 is 0. The van der Waals surface area contributed by atoms with Gasteiger partial charge < -0.3 is 0 Å². The molecule has 0 radical (unpaired) electrons. The molecule has 0 saturated heterocycles. The number of rotatable bonds is 18. The lowest BCUT2D eigenvalue weighted by atomic mass is 9.76. The molecule has 3 nitrogen and oxygen atoms in total. The Morgan fingerprint density at radius 3 is 1.20 bits per heavy atom. The van der Waals surface area contributed by atoms with Crippen LogP contribution in [0.5, 0.6) is 0 Å². The number of aryl methyl sites for hydroxylation is 2. The summed E-state index contributed by atoms with van der Waals surface area (Å²) >= 11 is 0. The highest BCUT2D eigenvalue weighted by Crippen LogP contribution is 2.38. The minimum atomic E-state index is 0.286. The van der Waals surface area contributed by atoms with Gasteiger partial charge in [-0.3, -0.25) is 14.4 Å². The van der Waals surface area contributed by atoms with Crippen LogP contribution >= 0.6 is 0 Å². The number of carbonyl (C=O) groups excluding carboxylic acids is 3. The number of ketones is 3. The summed E-state index contributed by atoms with van der Waals surface area (Å²) in [4.78, 5) is 37.7. The molecule has 2 aliphatic rings. The van der Waals surface area contributed by atoms with E-state index in [1.807, 2.05) is 0 Å². The predicted molar refractivity (Wildman–Crippen MR) is 182 cm³/mol. The minimum absolute atomic E-state index is 0.286. The molecule has 2 aliphatic carbocycles. The highest BCUT2D eigenvalue weighted by Gasteiger charge is 2.27. The van der Waals surface area contributed by atoms with E-state index in [4.69, 9.17) is 0 Å². The Kier molecular flexibility index (Phi) is 14.4. The zero-order valence-corrected chi connectivity index (χ0v) is 27.8. The molecule has 0 aliphatic heterocycles. The number of hydrogen-bond acceptors (Lipinski definition) is 3. The van der Waals surface area contributed by atoms with E-state index in [0.29, 0.717) is 42.0 Å². The Hall–Kier alpha value is -2.55. The van der Waals surface area contributed by atoms with Crippen LogP contribution in [0.1, 0.15) is 164 Å². The van der Waals surface area contributed by atoms with Crippen molar-refractivity contribution in [2.24, 2.45) is 11.8 Å². The molecule has 0 N–H and O–H groups in total. The first kappa shape index (κ1) is 34.3. The van der Waals surface area contributed by atoms with Crippen LogP contribution in [-0.4, -0.2) is 17.3 Å². The van der Waals surface area contributed by atoms with E-state index >= 15 is 0 Å². The van der Waals surface area contributed by atoms with E-state index in [9.17, 15) is 14.4 Å². The van der Waals surface area contributed by atoms with Crippen molar-refractivity contribution in [2.45, 2.75) is 154 Å². The first-order valence-corrected chi connectivity index (χ1v) is 18.2. The summed E-state index contributed by atoms with van der Waals surface area (Å²) in [5.41, 5.74) is 5.26. The second kappa shape index (κ2) is 18.4. The Balaban J connectivity index is 1.12. The lowest BCUT2D eigenvalue weighted by Crippen LogP contribution is -2.21. The molecule has 0 bridgehead atoms. The van der Waals surface area contributed by atoms with Gasteiger partial charge in [-0.2, -0.15) is 0 Å². The van der Waals surface area contributed by atoms with Crippen LogP contribution in [0, 0.1) is 11.8 Å². The number of unbranched alkanes of at least 4 members (excludes halogenated alkanes) is 4. The highest BCUT2D eigenvalue weighted by atomic mass is 16.1. The molecular formula is C41H58O3. The molecule has 240 valence electrons. The molecule has 0 unspecified atom stereocenters. The van der Waals surface area contributed by atoms with Crippen LogP contribution in [0.4, 0.5) is 0 Å². The van der Waals surface area contributed by atoms with Gasteiger partial charge in [-0.15, -0.1) is 0 Å². The third-order valence-electron chi connectivity index (χ3n) is 10.7. The van der Waals surface area contributed by atoms with Crippen molar-refractivity contribution in [1.29, 1.82) is 0 Å². The van der Waals surface area contributed by atoms with E-state index in [-0.39, 0.29) is 11.8 Å². The Morgan fingerprint density at radius 1 is 0.500 bits per heavy atom. The number of benzene rings is 2. The third-order valence-corrected chi connectivity index (χ3v) is 10.7. The van der Waals surface area contributed by atoms with Gasteiger partial charge in [0.05, 0.1) is 0 Å². The first-order chi connectivity index (χ1) is 21.5. The highest BCUT2D eigenvalue weighted by molar-refractivity contribution is 5.81. The lowest BCUT2D eigenvalue weighted by Gasteiger charge is -2.28. The summed E-state index contributed by atoms with van der Waals surface area (Å²) in [6.07, 6.45) is 19.8. The maximum atomic E-state index is 12.7. The molecule has 0 heterocycles. The zero-order chi connectivity index (χ0) is 31.1. The van der Waals surface area contributed by atoms with Gasteiger partial charge in [0.15, 0.2) is 0 Å². The van der Waals surface area contributed by atoms with Crippen molar-refractivity contribution in [1.82, 2.24) is 0 Å². The van der Waals surface area contributed by atoms with E-state index in [1.165, 1.54) is 47.9 Å². The molecule has 2 aromatic carbocycles. The Labute approximate surface area is 268 Å². The van der Waals surface area contributed by atoms with Crippen LogP contribution in [0.25, 0.3) is 0 Å². The van der Waals surface area contributed by atoms with Crippen molar-refractivity contribution < 1.29 is 14.4 Å². The fraction of sp³-hybridized carbons (Fsp3) is 0.634. The maximum Gasteiger partial charge on any atom is 0.135 e. The smallest absolute Gasteiger partial charge is 0.135 e. The fourth-order valence-electron chi connectivity index (χ4n) is 7.61. The van der Waals surface area contributed by atoms with Crippen LogP contribution in [-0.2, 0) is 27.2 Å². The van der Waals surface area contributed by atoms with Gasteiger partial charge in [-0.25, -0.2) is 0 Å². The van der Waals surface area contributed by atoms with Gasteiger partial charge >= 0.3 is 0 Å². The molecule has 44 heavy (non-hydrogen) atoms. The van der Waals surface area contributed by atoms with Crippen molar-refractivity contribution in [3.63, 3.8) is 0 Å². The van der Waals surface area contributed by atoms with Crippen molar-refractivity contribution in [3.8, 4) is 0 Å². The number of Topliss-reactive ketones (excluding diaryl/α,β-unsaturated/α-hetero) is 3. The summed E-state index contributed by atoms with van der Waals surface area (Å²) in [6, 6.07) is 17.9. The monoisotopic (exact) mass is 598 g/mol. The van der Waals surface area contributed by atoms with Gasteiger partial charge in [0.25, 0.3) is 0 Å². The van der Waals surface area contributed by atoms with Gasteiger partial charge in [0, 0.05) is 37.5 Å². The average Bonchev–Trinajstić information content (AvgIpc) is 3.07. The van der Waals surface area contributed by atoms with Crippen molar-refractivity contribution >= 4 is 17.3 Å². The summed E-state index contributed by atoms with van der Waals surface area (Å²) in [5, 5.41) is 0. The van der Waals surface area contributed by atoms with E-state index in [1.54, 1.807) is 0 Å². The second-order valence-electron chi connectivity index (χ2n) is 14.0. The molecule has 2 saturated carbocycles. The summed E-state index contributed by atoms with van der Waals surface area (Å²) in [5.74, 6) is 3.03. The molecule has 4 rings (SSSR count). The molecule has 2 fully saturated rings.